The first-order valence-corrected chi connectivity index (χ1v) is 11.2. The highest BCUT2D eigenvalue weighted by Crippen LogP contribution is 2.40. The molecular formula is C30H24ClN. The van der Waals surface area contributed by atoms with E-state index in [2.05, 4.69) is 115 Å². The van der Waals surface area contributed by atoms with Crippen LogP contribution in [0.15, 0.2) is 109 Å². The van der Waals surface area contributed by atoms with Crippen molar-refractivity contribution in [1.82, 2.24) is 4.98 Å². The van der Waals surface area contributed by atoms with E-state index in [1.54, 1.807) is 0 Å². The van der Waals surface area contributed by atoms with Gasteiger partial charge in [-0.05, 0) is 47.4 Å². The second-order valence-electron chi connectivity index (χ2n) is 8.13. The third kappa shape index (κ3) is 4.12. The van der Waals surface area contributed by atoms with E-state index < -0.39 is 0 Å². The molecule has 1 atom stereocenters. The Morgan fingerprint density at radius 3 is 2.19 bits per heavy atom. The Bertz CT molecular complexity index is 1360. The predicted molar refractivity (Wildman–Crippen MR) is 137 cm³/mol. The monoisotopic (exact) mass is 433 g/mol. The minimum Gasteiger partial charge on any atom is -0.354 e. The van der Waals surface area contributed by atoms with E-state index in [1.807, 2.05) is 12.1 Å². The summed E-state index contributed by atoms with van der Waals surface area (Å²) in [5, 5.41) is 1.90. The number of aromatic amines is 1. The summed E-state index contributed by atoms with van der Waals surface area (Å²) in [6, 6.07) is 35.9. The van der Waals surface area contributed by atoms with Crippen LogP contribution in [0.2, 0.25) is 5.02 Å². The van der Waals surface area contributed by atoms with Crippen molar-refractivity contribution in [3.63, 3.8) is 0 Å². The Morgan fingerprint density at radius 2 is 1.47 bits per heavy atom. The second-order valence-corrected chi connectivity index (χ2v) is 8.56. The number of fused-ring (bicyclic) bond motifs is 1. The molecule has 32 heavy (non-hydrogen) atoms. The maximum Gasteiger partial charge on any atom is 0.0506 e. The molecule has 0 radical (unpaired) electrons. The maximum atomic E-state index is 6.46. The highest BCUT2D eigenvalue weighted by atomic mass is 35.5. The zero-order chi connectivity index (χ0) is 21.9. The number of allylic oxidation sites excluding steroid dienone is 1. The normalized spacial score (nSPS) is 12.4. The Kier molecular flexibility index (Phi) is 5.66. The Labute approximate surface area is 194 Å². The van der Waals surface area contributed by atoms with Gasteiger partial charge in [0, 0.05) is 21.8 Å². The molecule has 5 aromatic rings. The van der Waals surface area contributed by atoms with E-state index >= 15 is 0 Å². The van der Waals surface area contributed by atoms with E-state index in [0.29, 0.717) is 0 Å². The standard InChI is InChI=1S/C30H24ClN/c1-21-12-15-23(16-13-21)26(18-14-22-8-4-2-5-9-22)29-27-20-25(31)17-19-28(27)32-30(29)24-10-6-3-7-11-24/h2-20,26,32H,1H3/b18-14+. The van der Waals surface area contributed by atoms with Gasteiger partial charge >= 0.3 is 0 Å². The first-order valence-electron chi connectivity index (χ1n) is 10.9. The van der Waals surface area contributed by atoms with E-state index in [4.69, 9.17) is 11.6 Å². The van der Waals surface area contributed by atoms with Crippen LogP contribution in [0, 0.1) is 6.92 Å². The molecule has 1 nitrogen and oxygen atoms in total. The van der Waals surface area contributed by atoms with Gasteiger partial charge in [0.05, 0.1) is 5.69 Å². The highest BCUT2D eigenvalue weighted by Gasteiger charge is 2.22. The molecule has 0 bridgehead atoms. The number of nitrogens with one attached hydrogen (secondary N) is 1. The van der Waals surface area contributed by atoms with Crippen LogP contribution < -0.4 is 0 Å². The first kappa shape index (κ1) is 20.4. The van der Waals surface area contributed by atoms with Gasteiger partial charge in [-0.3, -0.25) is 0 Å². The van der Waals surface area contributed by atoms with Gasteiger partial charge in [-0.25, -0.2) is 0 Å². The van der Waals surface area contributed by atoms with Crippen LogP contribution in [-0.4, -0.2) is 4.98 Å². The number of aryl methyl sites for hydroxylation is 1. The average Bonchev–Trinajstić information content (AvgIpc) is 3.20. The lowest BCUT2D eigenvalue weighted by molar-refractivity contribution is 1.04. The number of hydrogen-bond donors (Lipinski definition) is 1. The largest absolute Gasteiger partial charge is 0.354 e. The fourth-order valence-electron chi connectivity index (χ4n) is 4.26. The summed E-state index contributed by atoms with van der Waals surface area (Å²) in [5.41, 5.74) is 8.32. The van der Waals surface area contributed by atoms with Crippen LogP contribution in [0.1, 0.15) is 28.2 Å². The highest BCUT2D eigenvalue weighted by molar-refractivity contribution is 6.31. The molecular weight excluding hydrogens is 410 g/mol. The number of hydrogen-bond acceptors (Lipinski definition) is 0. The minimum absolute atomic E-state index is 0.0678. The van der Waals surface area contributed by atoms with Crippen molar-refractivity contribution in [2.24, 2.45) is 0 Å². The molecule has 1 aromatic heterocycles. The molecule has 0 aliphatic rings. The maximum absolute atomic E-state index is 6.46. The molecule has 4 aromatic carbocycles. The van der Waals surface area contributed by atoms with Crippen molar-refractivity contribution in [1.29, 1.82) is 0 Å². The lowest BCUT2D eigenvalue weighted by atomic mass is 9.86. The second kappa shape index (κ2) is 8.90. The average molecular weight is 434 g/mol. The van der Waals surface area contributed by atoms with Crippen molar-refractivity contribution in [2.45, 2.75) is 12.8 Å². The summed E-state index contributed by atoms with van der Waals surface area (Å²) in [5.74, 6) is 0.0678. The number of aromatic nitrogens is 1. The summed E-state index contributed by atoms with van der Waals surface area (Å²) in [4.78, 5) is 3.67. The SMILES string of the molecule is Cc1ccc(C(/C=C/c2ccccc2)c2c(-c3ccccc3)[nH]c3ccc(Cl)cc23)cc1. The van der Waals surface area contributed by atoms with Crippen LogP contribution in [-0.2, 0) is 0 Å². The van der Waals surface area contributed by atoms with Gasteiger partial charge in [-0.1, -0.05) is 114 Å². The van der Waals surface area contributed by atoms with Gasteiger partial charge in [0.1, 0.15) is 0 Å². The molecule has 0 fully saturated rings. The van der Waals surface area contributed by atoms with Crippen LogP contribution in [0.25, 0.3) is 28.2 Å². The summed E-state index contributed by atoms with van der Waals surface area (Å²) in [6.45, 7) is 2.12. The van der Waals surface area contributed by atoms with Crippen molar-refractivity contribution in [2.75, 3.05) is 0 Å². The van der Waals surface area contributed by atoms with Crippen molar-refractivity contribution in [3.05, 3.63) is 136 Å². The number of benzene rings is 4. The van der Waals surface area contributed by atoms with Crippen molar-refractivity contribution < 1.29 is 0 Å². The molecule has 0 saturated heterocycles. The van der Waals surface area contributed by atoms with E-state index in [1.165, 1.54) is 27.8 Å². The van der Waals surface area contributed by atoms with Gasteiger partial charge in [0.2, 0.25) is 0 Å². The summed E-state index contributed by atoms with van der Waals surface area (Å²) >= 11 is 6.46. The molecule has 156 valence electrons. The number of halogens is 1. The molecule has 0 spiro atoms. The van der Waals surface area contributed by atoms with Gasteiger partial charge in [-0.15, -0.1) is 0 Å². The third-order valence-electron chi connectivity index (χ3n) is 5.89. The molecule has 0 aliphatic heterocycles. The summed E-state index contributed by atoms with van der Waals surface area (Å²) < 4.78 is 0. The molecule has 0 amide bonds. The van der Waals surface area contributed by atoms with Crippen molar-refractivity contribution in [3.8, 4) is 11.3 Å². The lowest BCUT2D eigenvalue weighted by Gasteiger charge is -2.17. The molecule has 1 N–H and O–H groups in total. The lowest BCUT2D eigenvalue weighted by Crippen LogP contribution is -2.00. The number of H-pyrrole nitrogens is 1. The minimum atomic E-state index is 0.0678. The molecule has 0 saturated carbocycles. The van der Waals surface area contributed by atoms with E-state index in [9.17, 15) is 0 Å². The zero-order valence-corrected chi connectivity index (χ0v) is 18.7. The molecule has 0 aliphatic carbocycles. The van der Waals surface area contributed by atoms with Gasteiger partial charge in [0.25, 0.3) is 0 Å². The summed E-state index contributed by atoms with van der Waals surface area (Å²) in [6.07, 6.45) is 4.51. The van der Waals surface area contributed by atoms with Crippen LogP contribution >= 0.6 is 11.6 Å². The molecule has 1 unspecified atom stereocenters. The van der Waals surface area contributed by atoms with E-state index in [0.717, 1.165) is 21.6 Å². The molecule has 1 heterocycles. The summed E-state index contributed by atoms with van der Waals surface area (Å²) in [7, 11) is 0. The fourth-order valence-corrected chi connectivity index (χ4v) is 4.43. The van der Waals surface area contributed by atoms with Crippen molar-refractivity contribution >= 4 is 28.6 Å². The Morgan fingerprint density at radius 1 is 0.781 bits per heavy atom. The zero-order valence-electron chi connectivity index (χ0n) is 17.9. The van der Waals surface area contributed by atoms with Crippen LogP contribution in [0.4, 0.5) is 0 Å². The van der Waals surface area contributed by atoms with Crippen LogP contribution in [0.3, 0.4) is 0 Å². The fraction of sp³-hybridized carbons (Fsp3) is 0.0667. The van der Waals surface area contributed by atoms with Gasteiger partial charge in [-0.2, -0.15) is 0 Å². The number of rotatable bonds is 5. The van der Waals surface area contributed by atoms with Gasteiger partial charge < -0.3 is 4.98 Å². The Balaban J connectivity index is 1.76. The topological polar surface area (TPSA) is 15.8 Å². The predicted octanol–water partition coefficient (Wildman–Crippen LogP) is 8.64. The third-order valence-corrected chi connectivity index (χ3v) is 6.13. The first-order chi connectivity index (χ1) is 15.7. The molecule has 5 rings (SSSR count). The van der Waals surface area contributed by atoms with E-state index in [-0.39, 0.29) is 5.92 Å². The molecule has 2 heteroatoms. The quantitative estimate of drug-likeness (QED) is 0.285. The van der Waals surface area contributed by atoms with Gasteiger partial charge in [0.15, 0.2) is 0 Å². The smallest absolute Gasteiger partial charge is 0.0506 e. The van der Waals surface area contributed by atoms with Crippen LogP contribution in [0.5, 0.6) is 0 Å². The Hall–Kier alpha value is -3.55.